The second kappa shape index (κ2) is 9.37. The lowest BCUT2D eigenvalue weighted by atomic mass is 10.2. The maximum absolute atomic E-state index is 5.87. The Morgan fingerprint density at radius 3 is 2.07 bits per heavy atom. The van der Waals surface area contributed by atoms with Gasteiger partial charge in [0.05, 0.1) is 0 Å². The van der Waals surface area contributed by atoms with Crippen LogP contribution in [0.4, 0.5) is 0 Å². The van der Waals surface area contributed by atoms with Crippen molar-refractivity contribution in [2.45, 2.75) is 45.2 Å². The number of halogens is 2. The molecule has 86 valence electrons. The Labute approximate surface area is 106 Å². The highest BCUT2D eigenvalue weighted by molar-refractivity contribution is 9.09. The molecule has 0 atom stereocenters. The van der Waals surface area contributed by atoms with E-state index in [4.69, 9.17) is 4.43 Å². The second-order valence-electron chi connectivity index (χ2n) is 4.20. The van der Waals surface area contributed by atoms with Gasteiger partial charge in [-0.1, -0.05) is 51.1 Å². The minimum atomic E-state index is -1.34. The van der Waals surface area contributed by atoms with Crippen LogP contribution in [0.5, 0.6) is 0 Å². The largest absolute Gasteiger partial charge is 0.417 e. The molecule has 0 aliphatic carbocycles. The topological polar surface area (TPSA) is 9.23 Å². The van der Waals surface area contributed by atoms with Gasteiger partial charge in [-0.15, -0.1) is 0 Å². The highest BCUT2D eigenvalue weighted by Gasteiger charge is 2.19. The third-order valence-corrected chi connectivity index (χ3v) is 8.33. The first-order chi connectivity index (χ1) is 6.62. The van der Waals surface area contributed by atoms with E-state index in [2.05, 4.69) is 45.0 Å². The fraction of sp³-hybridized carbons (Fsp3) is 1.00. The summed E-state index contributed by atoms with van der Waals surface area (Å²) in [7, 11) is -1.34. The Morgan fingerprint density at radius 1 is 0.929 bits per heavy atom. The van der Waals surface area contributed by atoms with Gasteiger partial charge in [0.25, 0.3) is 0 Å². The van der Waals surface area contributed by atoms with Crippen LogP contribution >= 0.6 is 31.9 Å². The molecule has 0 N–H and O–H groups in total. The Balaban J connectivity index is 3.13. The van der Waals surface area contributed by atoms with Crippen molar-refractivity contribution in [3.8, 4) is 0 Å². The standard InChI is InChI=1S/C10H22Br2OSi/c1-14(2,10-12)13-9-7-5-3-4-6-8-11/h3-10H2,1-2H3. The summed E-state index contributed by atoms with van der Waals surface area (Å²) in [5.41, 5.74) is 0. The average Bonchev–Trinajstić information content (AvgIpc) is 2.16. The molecule has 0 radical (unpaired) electrons. The molecule has 0 aromatic rings. The molecule has 1 nitrogen and oxygen atoms in total. The lowest BCUT2D eigenvalue weighted by Crippen LogP contribution is -2.33. The molecule has 0 heterocycles. The summed E-state index contributed by atoms with van der Waals surface area (Å²) in [5, 5.41) is 1.15. The van der Waals surface area contributed by atoms with E-state index in [0.717, 1.165) is 16.9 Å². The lowest BCUT2D eigenvalue weighted by Gasteiger charge is -2.19. The van der Waals surface area contributed by atoms with E-state index in [-0.39, 0.29) is 0 Å². The molecule has 14 heavy (non-hydrogen) atoms. The van der Waals surface area contributed by atoms with E-state index >= 15 is 0 Å². The molecule has 0 fully saturated rings. The maximum atomic E-state index is 5.87. The number of hydrogen-bond acceptors (Lipinski definition) is 1. The highest BCUT2D eigenvalue weighted by atomic mass is 79.9. The predicted molar refractivity (Wildman–Crippen MR) is 74.1 cm³/mol. The third-order valence-electron chi connectivity index (χ3n) is 2.09. The van der Waals surface area contributed by atoms with Crippen LogP contribution in [0.15, 0.2) is 0 Å². The molecular formula is C10H22Br2OSi. The monoisotopic (exact) mass is 344 g/mol. The van der Waals surface area contributed by atoms with Crippen LogP contribution in [0.1, 0.15) is 32.1 Å². The summed E-state index contributed by atoms with van der Waals surface area (Å²) in [6, 6.07) is 0. The molecule has 0 saturated heterocycles. The first kappa shape index (κ1) is 15.1. The molecule has 4 heteroatoms. The fourth-order valence-electron chi connectivity index (χ4n) is 1.11. The predicted octanol–water partition coefficient (Wildman–Crippen LogP) is 4.49. The van der Waals surface area contributed by atoms with Crippen molar-refractivity contribution in [3.05, 3.63) is 0 Å². The molecule has 0 saturated carbocycles. The molecule has 0 spiro atoms. The van der Waals surface area contributed by atoms with Crippen LogP contribution in [0.2, 0.25) is 13.1 Å². The first-order valence-corrected chi connectivity index (χ1v) is 10.7. The van der Waals surface area contributed by atoms with Crippen molar-refractivity contribution in [2.75, 3.05) is 16.9 Å². The number of alkyl halides is 2. The van der Waals surface area contributed by atoms with Crippen molar-refractivity contribution >= 4 is 40.2 Å². The molecule has 0 bridgehead atoms. The van der Waals surface area contributed by atoms with Gasteiger partial charge in [-0.2, -0.15) is 0 Å². The molecule has 0 aromatic carbocycles. The van der Waals surface area contributed by atoms with Crippen molar-refractivity contribution in [1.82, 2.24) is 0 Å². The molecule has 0 rings (SSSR count). The van der Waals surface area contributed by atoms with Gasteiger partial charge in [0.2, 0.25) is 0 Å². The zero-order chi connectivity index (χ0) is 10.9. The molecule has 0 amide bonds. The maximum Gasteiger partial charge on any atom is 0.197 e. The summed E-state index contributed by atoms with van der Waals surface area (Å²) in [5.74, 6) is 0. The van der Waals surface area contributed by atoms with E-state index in [1.165, 1.54) is 32.1 Å². The van der Waals surface area contributed by atoms with Crippen molar-refractivity contribution in [1.29, 1.82) is 0 Å². The Morgan fingerprint density at radius 2 is 1.50 bits per heavy atom. The van der Waals surface area contributed by atoms with Crippen molar-refractivity contribution in [2.24, 2.45) is 0 Å². The van der Waals surface area contributed by atoms with Crippen molar-refractivity contribution < 1.29 is 4.43 Å². The highest BCUT2D eigenvalue weighted by Crippen LogP contribution is 2.10. The van der Waals surface area contributed by atoms with E-state index < -0.39 is 8.32 Å². The Kier molecular flexibility index (Phi) is 10.1. The summed E-state index contributed by atoms with van der Waals surface area (Å²) in [6.45, 7) is 5.47. The van der Waals surface area contributed by atoms with Crippen LogP contribution in [-0.2, 0) is 4.43 Å². The molecule has 0 unspecified atom stereocenters. The van der Waals surface area contributed by atoms with Crippen LogP contribution in [0.3, 0.4) is 0 Å². The SMILES string of the molecule is C[Si](C)(CBr)OCCCCCCCBr. The van der Waals surface area contributed by atoms with Gasteiger partial charge < -0.3 is 4.43 Å². The normalized spacial score (nSPS) is 12.0. The van der Waals surface area contributed by atoms with Crippen LogP contribution in [0, 0.1) is 0 Å². The van der Waals surface area contributed by atoms with Gasteiger partial charge in [-0.05, 0) is 25.9 Å². The molecule has 0 aromatic heterocycles. The number of hydrogen-bond donors (Lipinski definition) is 0. The first-order valence-electron chi connectivity index (χ1n) is 5.38. The van der Waals surface area contributed by atoms with E-state index in [9.17, 15) is 0 Å². The fourth-order valence-corrected chi connectivity index (χ4v) is 2.77. The third kappa shape index (κ3) is 9.68. The van der Waals surface area contributed by atoms with E-state index in [0.29, 0.717) is 0 Å². The van der Waals surface area contributed by atoms with E-state index in [1.807, 2.05) is 0 Å². The second-order valence-corrected chi connectivity index (χ2v) is 10.7. The number of unbranched alkanes of at least 4 members (excludes halogenated alkanes) is 4. The van der Waals surface area contributed by atoms with Crippen LogP contribution in [-0.4, -0.2) is 25.2 Å². The quantitative estimate of drug-likeness (QED) is 0.340. The molecular weight excluding hydrogens is 324 g/mol. The number of rotatable bonds is 9. The molecule has 0 aliphatic heterocycles. The Hall–Kier alpha value is 1.14. The Bertz CT molecular complexity index is 131. The average molecular weight is 346 g/mol. The molecule has 0 aliphatic rings. The van der Waals surface area contributed by atoms with Gasteiger partial charge in [-0.3, -0.25) is 0 Å². The van der Waals surface area contributed by atoms with Crippen LogP contribution < -0.4 is 0 Å². The summed E-state index contributed by atoms with van der Waals surface area (Å²) < 4.78 is 5.87. The minimum absolute atomic E-state index is 0.957. The van der Waals surface area contributed by atoms with Gasteiger partial charge in [-0.25, -0.2) is 0 Å². The summed E-state index contributed by atoms with van der Waals surface area (Å²) >= 11 is 6.95. The van der Waals surface area contributed by atoms with Crippen LogP contribution in [0.25, 0.3) is 0 Å². The van der Waals surface area contributed by atoms with Crippen molar-refractivity contribution in [3.63, 3.8) is 0 Å². The summed E-state index contributed by atoms with van der Waals surface area (Å²) in [4.78, 5) is 1.05. The van der Waals surface area contributed by atoms with Gasteiger partial charge in [0.15, 0.2) is 8.32 Å². The van der Waals surface area contributed by atoms with Gasteiger partial charge in [0.1, 0.15) is 0 Å². The summed E-state index contributed by atoms with van der Waals surface area (Å²) in [6.07, 6.45) is 6.56. The zero-order valence-electron chi connectivity index (χ0n) is 9.32. The van der Waals surface area contributed by atoms with Gasteiger partial charge >= 0.3 is 0 Å². The lowest BCUT2D eigenvalue weighted by molar-refractivity contribution is 0.298. The smallest absolute Gasteiger partial charge is 0.197 e. The zero-order valence-corrected chi connectivity index (χ0v) is 13.5. The van der Waals surface area contributed by atoms with E-state index in [1.54, 1.807) is 0 Å². The minimum Gasteiger partial charge on any atom is -0.417 e. The van der Waals surface area contributed by atoms with Gasteiger partial charge in [0, 0.05) is 16.9 Å².